The molecule has 1 aromatic heterocycles. The van der Waals surface area contributed by atoms with Gasteiger partial charge in [-0.2, -0.15) is 0 Å². The molecule has 0 saturated heterocycles. The summed E-state index contributed by atoms with van der Waals surface area (Å²) in [6.45, 7) is 0. The number of carbonyl (C=O) groups is 1. The molecule has 1 heterocycles. The van der Waals surface area contributed by atoms with Crippen molar-refractivity contribution in [1.29, 1.82) is 0 Å². The molecule has 2 aliphatic carbocycles. The molecular weight excluding hydrogens is 322 g/mol. The number of rotatable bonds is 2. The van der Waals surface area contributed by atoms with E-state index in [1.165, 1.54) is 42.5 Å². The van der Waals surface area contributed by atoms with Gasteiger partial charge in [0.15, 0.2) is 0 Å². The molecule has 0 bridgehead atoms. The van der Waals surface area contributed by atoms with Crippen LogP contribution in [0.5, 0.6) is 0 Å². The first-order chi connectivity index (χ1) is 9.24. The van der Waals surface area contributed by atoms with Gasteiger partial charge in [-0.3, -0.25) is 4.79 Å². The number of alkyl halides is 1. The highest BCUT2D eigenvalue weighted by molar-refractivity contribution is 9.09. The summed E-state index contributed by atoms with van der Waals surface area (Å²) in [4.78, 5) is 15.2. The molecule has 1 fully saturated rings. The molecule has 1 saturated carbocycles. The summed E-state index contributed by atoms with van der Waals surface area (Å²) in [5.41, 5.74) is 1.42. The molecule has 19 heavy (non-hydrogen) atoms. The number of hydrogen-bond donors (Lipinski definition) is 1. The average molecular weight is 342 g/mol. The number of fused-ring (bicyclic) bond motifs is 1. The molecule has 0 aliphatic heterocycles. The lowest BCUT2D eigenvalue weighted by Gasteiger charge is -2.27. The fraction of sp³-hybridized carbons (Fsp3) is 0.667. The van der Waals surface area contributed by atoms with Gasteiger partial charge in [-0.25, -0.2) is 0 Å². The molecule has 1 amide bonds. The van der Waals surface area contributed by atoms with E-state index in [1.807, 2.05) is 0 Å². The first kappa shape index (κ1) is 13.6. The maximum absolute atomic E-state index is 12.4. The van der Waals surface area contributed by atoms with Crippen molar-refractivity contribution in [2.75, 3.05) is 0 Å². The Kier molecular flexibility index (Phi) is 4.27. The van der Waals surface area contributed by atoms with Crippen molar-refractivity contribution < 1.29 is 4.79 Å². The lowest BCUT2D eigenvalue weighted by atomic mass is 9.95. The zero-order chi connectivity index (χ0) is 13.2. The fourth-order valence-corrected chi connectivity index (χ4v) is 4.97. The largest absolute Gasteiger partial charge is 0.347 e. The van der Waals surface area contributed by atoms with Gasteiger partial charge in [0.25, 0.3) is 5.91 Å². The van der Waals surface area contributed by atoms with E-state index in [0.717, 1.165) is 24.1 Å². The molecule has 1 N–H and O–H groups in total. The zero-order valence-electron chi connectivity index (χ0n) is 11.1. The van der Waals surface area contributed by atoms with Gasteiger partial charge in [-0.1, -0.05) is 28.8 Å². The molecule has 104 valence electrons. The number of thiophene rings is 1. The second-order valence-electron chi connectivity index (χ2n) is 5.65. The molecule has 2 atom stereocenters. The predicted octanol–water partition coefficient (Wildman–Crippen LogP) is 4.06. The second kappa shape index (κ2) is 5.96. The minimum atomic E-state index is 0.135. The van der Waals surface area contributed by atoms with Crippen LogP contribution in [0.3, 0.4) is 0 Å². The normalized spacial score (nSPS) is 26.8. The molecule has 1 aromatic rings. The Hall–Kier alpha value is -0.350. The monoisotopic (exact) mass is 341 g/mol. The number of amides is 1. The Labute approximate surface area is 127 Å². The van der Waals surface area contributed by atoms with Gasteiger partial charge in [0.2, 0.25) is 0 Å². The third-order valence-corrected chi connectivity index (χ3v) is 6.55. The quantitative estimate of drug-likeness (QED) is 0.807. The maximum Gasteiger partial charge on any atom is 0.261 e. The third kappa shape index (κ3) is 3.05. The number of hydrogen-bond acceptors (Lipinski definition) is 2. The van der Waals surface area contributed by atoms with Crippen LogP contribution in [0.25, 0.3) is 0 Å². The van der Waals surface area contributed by atoms with Crippen molar-refractivity contribution in [1.82, 2.24) is 5.32 Å². The van der Waals surface area contributed by atoms with Crippen LogP contribution in [0.1, 0.15) is 58.6 Å². The van der Waals surface area contributed by atoms with E-state index in [2.05, 4.69) is 27.3 Å². The Bertz CT molecular complexity index is 447. The van der Waals surface area contributed by atoms with E-state index in [0.29, 0.717) is 10.9 Å². The summed E-state index contributed by atoms with van der Waals surface area (Å²) in [5.74, 6) is 0.135. The van der Waals surface area contributed by atoms with Crippen LogP contribution >= 0.6 is 27.3 Å². The molecule has 2 unspecified atom stereocenters. The summed E-state index contributed by atoms with van der Waals surface area (Å²) < 4.78 is 0. The number of aryl methyl sites for hydroxylation is 2. The fourth-order valence-electron chi connectivity index (χ4n) is 3.09. The Balaban J connectivity index is 1.68. The third-order valence-electron chi connectivity index (χ3n) is 4.22. The van der Waals surface area contributed by atoms with Crippen molar-refractivity contribution >= 4 is 33.2 Å². The van der Waals surface area contributed by atoms with E-state index >= 15 is 0 Å². The topological polar surface area (TPSA) is 29.1 Å². The summed E-state index contributed by atoms with van der Waals surface area (Å²) in [7, 11) is 0. The molecule has 0 radical (unpaired) electrons. The SMILES string of the molecule is O=C(NC1CCCCC1Br)c1cc2c(s1)CCCC2. The van der Waals surface area contributed by atoms with E-state index in [1.54, 1.807) is 11.3 Å². The Morgan fingerprint density at radius 3 is 2.79 bits per heavy atom. The molecule has 0 spiro atoms. The first-order valence-electron chi connectivity index (χ1n) is 7.30. The summed E-state index contributed by atoms with van der Waals surface area (Å²) in [5, 5.41) is 3.22. The van der Waals surface area contributed by atoms with Gasteiger partial charge in [0.1, 0.15) is 0 Å². The van der Waals surface area contributed by atoms with Gasteiger partial charge in [-0.05, 0) is 50.2 Å². The smallest absolute Gasteiger partial charge is 0.261 e. The van der Waals surface area contributed by atoms with Crippen molar-refractivity contribution in [3.05, 3.63) is 21.4 Å². The number of carbonyl (C=O) groups excluding carboxylic acids is 1. The first-order valence-corrected chi connectivity index (χ1v) is 9.04. The number of halogens is 1. The summed E-state index contributed by atoms with van der Waals surface area (Å²) in [6.07, 6.45) is 9.65. The standard InChI is InChI=1S/C15H20BrNOS/c16-11-6-2-3-7-12(11)17-15(18)14-9-10-5-1-4-8-13(10)19-14/h9,11-12H,1-8H2,(H,17,18). The molecule has 3 rings (SSSR count). The highest BCUT2D eigenvalue weighted by atomic mass is 79.9. The van der Waals surface area contributed by atoms with Crippen molar-refractivity contribution in [3.63, 3.8) is 0 Å². The van der Waals surface area contributed by atoms with Crippen molar-refractivity contribution in [3.8, 4) is 0 Å². The van der Waals surface area contributed by atoms with E-state index in [9.17, 15) is 4.79 Å². The van der Waals surface area contributed by atoms with Gasteiger partial charge in [0.05, 0.1) is 4.88 Å². The van der Waals surface area contributed by atoms with Gasteiger partial charge >= 0.3 is 0 Å². The summed E-state index contributed by atoms with van der Waals surface area (Å²) >= 11 is 5.41. The van der Waals surface area contributed by atoms with E-state index in [4.69, 9.17) is 0 Å². The minimum absolute atomic E-state index is 0.135. The van der Waals surface area contributed by atoms with Gasteiger partial charge in [-0.15, -0.1) is 11.3 Å². The van der Waals surface area contributed by atoms with Crippen LogP contribution in [0.4, 0.5) is 0 Å². The molecule has 0 aromatic carbocycles. The Morgan fingerprint density at radius 1 is 1.21 bits per heavy atom. The van der Waals surface area contributed by atoms with Crippen LogP contribution in [0, 0.1) is 0 Å². The molecule has 2 nitrogen and oxygen atoms in total. The van der Waals surface area contributed by atoms with Crippen LogP contribution in [-0.4, -0.2) is 16.8 Å². The van der Waals surface area contributed by atoms with Gasteiger partial charge in [0, 0.05) is 15.7 Å². The molecular formula is C15H20BrNOS. The van der Waals surface area contributed by atoms with E-state index < -0.39 is 0 Å². The van der Waals surface area contributed by atoms with Crippen LogP contribution in [0.15, 0.2) is 6.07 Å². The highest BCUT2D eigenvalue weighted by Gasteiger charge is 2.25. The molecule has 2 aliphatic rings. The van der Waals surface area contributed by atoms with Crippen molar-refractivity contribution in [2.45, 2.75) is 62.2 Å². The lowest BCUT2D eigenvalue weighted by Crippen LogP contribution is -2.42. The lowest BCUT2D eigenvalue weighted by molar-refractivity contribution is 0.0934. The number of nitrogens with one attached hydrogen (secondary N) is 1. The van der Waals surface area contributed by atoms with Crippen LogP contribution in [-0.2, 0) is 12.8 Å². The Morgan fingerprint density at radius 2 is 2.00 bits per heavy atom. The van der Waals surface area contributed by atoms with Crippen LogP contribution in [0.2, 0.25) is 0 Å². The zero-order valence-corrected chi connectivity index (χ0v) is 13.5. The molecule has 4 heteroatoms. The minimum Gasteiger partial charge on any atom is -0.347 e. The highest BCUT2D eigenvalue weighted by Crippen LogP contribution is 2.30. The second-order valence-corrected chi connectivity index (χ2v) is 7.96. The maximum atomic E-state index is 12.4. The van der Waals surface area contributed by atoms with Gasteiger partial charge < -0.3 is 5.32 Å². The average Bonchev–Trinajstić information content (AvgIpc) is 2.85. The predicted molar refractivity (Wildman–Crippen MR) is 83.4 cm³/mol. The summed E-state index contributed by atoms with van der Waals surface area (Å²) in [6, 6.07) is 2.43. The van der Waals surface area contributed by atoms with Crippen LogP contribution < -0.4 is 5.32 Å². The van der Waals surface area contributed by atoms with Crippen molar-refractivity contribution in [2.24, 2.45) is 0 Å². The van der Waals surface area contributed by atoms with E-state index in [-0.39, 0.29) is 5.91 Å².